The highest BCUT2D eigenvalue weighted by Crippen LogP contribution is 2.45. The largest absolute Gasteiger partial charge is 0.472 e. The lowest BCUT2D eigenvalue weighted by molar-refractivity contribution is -0.161. The van der Waals surface area contributed by atoms with Gasteiger partial charge < -0.3 is 33.8 Å². The van der Waals surface area contributed by atoms with E-state index in [1.54, 1.807) is 0 Å². The smallest absolute Gasteiger partial charge is 0.462 e. The molecule has 0 fully saturated rings. The molecule has 0 saturated heterocycles. The fourth-order valence-electron chi connectivity index (χ4n) is 11.9. The van der Waals surface area contributed by atoms with Crippen LogP contribution in [0.2, 0.25) is 0 Å². The van der Waals surface area contributed by atoms with Crippen molar-refractivity contribution in [2.24, 2.45) is 17.8 Å². The molecule has 0 bridgehead atoms. The summed E-state index contributed by atoms with van der Waals surface area (Å²) in [6.45, 7) is 11.9. The van der Waals surface area contributed by atoms with Crippen LogP contribution in [0.25, 0.3) is 0 Å². The van der Waals surface area contributed by atoms with E-state index in [2.05, 4.69) is 48.5 Å². The molecule has 0 aromatic rings. The molecule has 17 nitrogen and oxygen atoms in total. The van der Waals surface area contributed by atoms with E-state index in [-0.39, 0.29) is 25.7 Å². The number of hydrogen-bond donors (Lipinski definition) is 3. The van der Waals surface area contributed by atoms with Crippen molar-refractivity contribution >= 4 is 39.5 Å². The third kappa shape index (κ3) is 70.9. The number of ether oxygens (including phenoxy) is 4. The Kier molecular flexibility index (Phi) is 67.1. The van der Waals surface area contributed by atoms with Crippen molar-refractivity contribution in [3.63, 3.8) is 0 Å². The zero-order chi connectivity index (χ0) is 71.6. The molecule has 6 atom stereocenters. The monoisotopic (exact) mass is 1420 g/mol. The van der Waals surface area contributed by atoms with Gasteiger partial charge in [-0.15, -0.1) is 0 Å². The average Bonchev–Trinajstić information content (AvgIpc) is 1.41. The molecule has 0 rings (SSSR count). The molecule has 3 unspecified atom stereocenters. The Hall–Kier alpha value is -1.94. The van der Waals surface area contributed by atoms with Crippen LogP contribution in [0.5, 0.6) is 0 Å². The Balaban J connectivity index is 5.25. The fraction of sp³-hybridized carbons (Fsp3) is 0.949. The molecule has 0 aliphatic rings. The number of aliphatic hydroxyl groups excluding tert-OH is 1. The van der Waals surface area contributed by atoms with Crippen molar-refractivity contribution in [1.29, 1.82) is 0 Å². The first kappa shape index (κ1) is 95.1. The van der Waals surface area contributed by atoms with Crippen LogP contribution in [0.15, 0.2) is 0 Å². The fourth-order valence-corrected chi connectivity index (χ4v) is 13.5. The lowest BCUT2D eigenvalue weighted by Gasteiger charge is -2.21. The number of carbonyl (C=O) groups is 4. The Labute approximate surface area is 594 Å². The summed E-state index contributed by atoms with van der Waals surface area (Å²) >= 11 is 0. The van der Waals surface area contributed by atoms with Gasteiger partial charge in [0, 0.05) is 25.7 Å². The third-order valence-electron chi connectivity index (χ3n) is 18.5. The molecule has 0 aliphatic heterocycles. The lowest BCUT2D eigenvalue weighted by Crippen LogP contribution is -2.30. The zero-order valence-electron chi connectivity index (χ0n) is 63.5. The van der Waals surface area contributed by atoms with Crippen LogP contribution < -0.4 is 0 Å². The molecule has 0 aromatic heterocycles. The average molecular weight is 1420 g/mol. The maximum atomic E-state index is 13.1. The van der Waals surface area contributed by atoms with Gasteiger partial charge in [0.25, 0.3) is 0 Å². The Morgan fingerprint density at radius 1 is 0.299 bits per heavy atom. The lowest BCUT2D eigenvalue weighted by atomic mass is 9.99. The minimum absolute atomic E-state index is 0.104. The van der Waals surface area contributed by atoms with Gasteiger partial charge in [-0.1, -0.05) is 350 Å². The molecule has 0 aliphatic carbocycles. The van der Waals surface area contributed by atoms with Crippen LogP contribution in [0.3, 0.4) is 0 Å². The molecular weight excluding hydrogens is 1270 g/mol. The maximum Gasteiger partial charge on any atom is 0.472 e. The number of phosphoric ester groups is 2. The quantitative estimate of drug-likeness (QED) is 0.0222. The molecule has 0 saturated carbocycles. The van der Waals surface area contributed by atoms with Crippen molar-refractivity contribution in [3.05, 3.63) is 0 Å². The van der Waals surface area contributed by atoms with E-state index in [1.807, 2.05) is 0 Å². The molecule has 0 aromatic carbocycles. The van der Waals surface area contributed by atoms with Gasteiger partial charge in [-0.05, 0) is 43.4 Å². The minimum atomic E-state index is -4.96. The summed E-state index contributed by atoms with van der Waals surface area (Å²) < 4.78 is 68.6. The van der Waals surface area contributed by atoms with Gasteiger partial charge in [0.15, 0.2) is 12.2 Å². The van der Waals surface area contributed by atoms with Crippen molar-refractivity contribution in [2.45, 2.75) is 420 Å². The molecule has 0 heterocycles. The number of unbranched alkanes of at least 4 members (excludes halogenated alkanes) is 43. The molecule has 0 amide bonds. The summed E-state index contributed by atoms with van der Waals surface area (Å²) in [5.74, 6) is 0.170. The number of hydrogen-bond acceptors (Lipinski definition) is 15. The number of aliphatic hydroxyl groups is 1. The minimum Gasteiger partial charge on any atom is -0.462 e. The first-order valence-electron chi connectivity index (χ1n) is 40.4. The summed E-state index contributed by atoms with van der Waals surface area (Å²) in [6, 6.07) is 0. The van der Waals surface area contributed by atoms with Gasteiger partial charge in [0.2, 0.25) is 0 Å². The van der Waals surface area contributed by atoms with E-state index >= 15 is 0 Å². The normalized spacial score (nSPS) is 14.3. The Morgan fingerprint density at radius 2 is 0.526 bits per heavy atom. The Bertz CT molecular complexity index is 1890. The van der Waals surface area contributed by atoms with Crippen LogP contribution in [-0.2, 0) is 65.4 Å². The number of phosphoric acid groups is 2. The number of carbonyl (C=O) groups excluding carboxylic acids is 4. The van der Waals surface area contributed by atoms with Crippen molar-refractivity contribution in [2.75, 3.05) is 39.6 Å². The summed E-state index contributed by atoms with van der Waals surface area (Å²) in [4.78, 5) is 72.9. The SMILES string of the molecule is CCCCCCCCCCCCCCCCCCCCC(=O)O[C@H](COC(=O)CCCCCCCCCCCCCCCC(C)C)COP(=O)(O)OC[C@@H](O)COP(=O)(O)OC[C@@H](COC(=O)CCCCCCCCCCC(C)C)OC(=O)CCCCCCCCCCC(C)CC. The van der Waals surface area contributed by atoms with E-state index in [9.17, 15) is 43.2 Å². The first-order chi connectivity index (χ1) is 46.8. The third-order valence-corrected chi connectivity index (χ3v) is 20.4. The highest BCUT2D eigenvalue weighted by Gasteiger charge is 2.30. The van der Waals surface area contributed by atoms with Crippen molar-refractivity contribution in [1.82, 2.24) is 0 Å². The van der Waals surface area contributed by atoms with Crippen molar-refractivity contribution in [3.8, 4) is 0 Å². The van der Waals surface area contributed by atoms with Crippen LogP contribution >= 0.6 is 15.6 Å². The molecular formula is C78H152O17P2. The molecule has 0 radical (unpaired) electrons. The van der Waals surface area contributed by atoms with Gasteiger partial charge in [0.1, 0.15) is 19.3 Å². The zero-order valence-corrected chi connectivity index (χ0v) is 65.3. The second kappa shape index (κ2) is 68.5. The summed E-state index contributed by atoms with van der Waals surface area (Å²) in [6.07, 6.45) is 55.5. The maximum absolute atomic E-state index is 13.1. The molecule has 3 N–H and O–H groups in total. The van der Waals surface area contributed by atoms with Crippen molar-refractivity contribution < 1.29 is 80.2 Å². The van der Waals surface area contributed by atoms with Gasteiger partial charge in [-0.2, -0.15) is 0 Å². The number of esters is 4. The Morgan fingerprint density at radius 3 is 0.784 bits per heavy atom. The van der Waals surface area contributed by atoms with Gasteiger partial charge in [-0.3, -0.25) is 37.3 Å². The van der Waals surface area contributed by atoms with Crippen LogP contribution in [0.1, 0.15) is 402 Å². The molecule has 97 heavy (non-hydrogen) atoms. The van der Waals surface area contributed by atoms with E-state index in [0.717, 1.165) is 108 Å². The topological polar surface area (TPSA) is 237 Å². The van der Waals surface area contributed by atoms with Crippen LogP contribution in [0, 0.1) is 17.8 Å². The molecule has 19 heteroatoms. The summed E-state index contributed by atoms with van der Waals surface area (Å²) in [5, 5.41) is 10.6. The van der Waals surface area contributed by atoms with E-state index < -0.39 is 97.5 Å². The predicted octanol–water partition coefficient (Wildman–Crippen LogP) is 23.0. The van der Waals surface area contributed by atoms with E-state index in [1.165, 1.54) is 212 Å². The van der Waals surface area contributed by atoms with Gasteiger partial charge in [-0.25, -0.2) is 9.13 Å². The van der Waals surface area contributed by atoms with E-state index in [4.69, 9.17) is 37.0 Å². The molecule has 0 spiro atoms. The molecule has 576 valence electrons. The van der Waals surface area contributed by atoms with Gasteiger partial charge in [0.05, 0.1) is 26.4 Å². The highest BCUT2D eigenvalue weighted by molar-refractivity contribution is 7.47. The van der Waals surface area contributed by atoms with Crippen LogP contribution in [0.4, 0.5) is 0 Å². The van der Waals surface area contributed by atoms with Crippen LogP contribution in [-0.4, -0.2) is 96.7 Å². The first-order valence-corrected chi connectivity index (χ1v) is 43.4. The second-order valence-corrected chi connectivity index (χ2v) is 32.2. The second-order valence-electron chi connectivity index (χ2n) is 29.3. The summed E-state index contributed by atoms with van der Waals surface area (Å²) in [5.41, 5.74) is 0. The standard InChI is InChI=1S/C78H152O17P2/c1-8-10-11-12-13-14-15-16-17-18-19-20-23-27-30-40-47-54-61-77(82)94-73(65-88-75(80)59-52-45-38-29-26-24-21-22-25-28-35-42-49-56-69(3)4)67-92-96(84,85)90-63-72(79)64-91-97(86,87)93-68-74(66-89-76(81)60-53-46-39-33-31-36-43-50-57-70(5)6)95-78(83)62-55-48-41-34-32-37-44-51-58-71(7)9-2/h69-74,79H,8-68H2,1-7H3,(H,84,85)(H,86,87)/t71?,72-,73-,74-/m1/s1. The highest BCUT2D eigenvalue weighted by atomic mass is 31.2. The predicted molar refractivity (Wildman–Crippen MR) is 395 cm³/mol. The van der Waals surface area contributed by atoms with E-state index in [0.29, 0.717) is 25.7 Å². The summed E-state index contributed by atoms with van der Waals surface area (Å²) in [7, 11) is -9.92. The number of rotatable bonds is 76. The van der Waals surface area contributed by atoms with Gasteiger partial charge >= 0.3 is 39.5 Å².